The summed E-state index contributed by atoms with van der Waals surface area (Å²) in [6.07, 6.45) is 6.50. The van der Waals surface area contributed by atoms with Gasteiger partial charge in [0.05, 0.1) is 6.10 Å². The quantitative estimate of drug-likeness (QED) is 0.901. The Morgan fingerprint density at radius 2 is 1.96 bits per heavy atom. The zero-order valence-electron chi connectivity index (χ0n) is 13.7. The summed E-state index contributed by atoms with van der Waals surface area (Å²) in [6.45, 7) is 0.786. The molecule has 24 heavy (non-hydrogen) atoms. The van der Waals surface area contributed by atoms with E-state index in [-0.39, 0.29) is 24.4 Å². The molecule has 4 rings (SSSR count). The topological polar surface area (TPSA) is 47.6 Å². The lowest BCUT2D eigenvalue weighted by Gasteiger charge is -2.50. The van der Waals surface area contributed by atoms with E-state index in [0.717, 1.165) is 13.0 Å². The van der Waals surface area contributed by atoms with Crippen LogP contribution < -0.4 is 10.1 Å². The van der Waals surface area contributed by atoms with Gasteiger partial charge >= 0.3 is 0 Å². The zero-order valence-corrected chi connectivity index (χ0v) is 13.7. The van der Waals surface area contributed by atoms with Gasteiger partial charge in [-0.15, -0.1) is 0 Å². The van der Waals surface area contributed by atoms with Crippen LogP contribution in [0, 0.1) is 23.6 Å². The Labute approximate surface area is 141 Å². The molecule has 4 nitrogen and oxygen atoms in total. The second-order valence-electron chi connectivity index (χ2n) is 7.25. The van der Waals surface area contributed by atoms with Crippen LogP contribution in [-0.4, -0.2) is 31.3 Å². The second-order valence-corrected chi connectivity index (χ2v) is 7.25. The van der Waals surface area contributed by atoms with Crippen LogP contribution in [0.5, 0.6) is 5.75 Å². The monoisotopic (exact) mass is 333 g/mol. The van der Waals surface area contributed by atoms with Crippen LogP contribution in [0.2, 0.25) is 0 Å². The zero-order chi connectivity index (χ0) is 16.5. The van der Waals surface area contributed by atoms with Crippen LogP contribution in [0.4, 0.5) is 4.39 Å². The number of halogens is 1. The molecule has 0 spiro atoms. The first-order valence-corrected chi connectivity index (χ1v) is 9.02. The maximum atomic E-state index is 12.9. The van der Waals surface area contributed by atoms with Crippen molar-refractivity contribution in [3.63, 3.8) is 0 Å². The summed E-state index contributed by atoms with van der Waals surface area (Å²) in [6, 6.07) is 5.96. The number of fused-ring (bicyclic) bond motifs is 1. The van der Waals surface area contributed by atoms with Gasteiger partial charge in [0.2, 0.25) is 0 Å². The fraction of sp³-hybridized carbons (Fsp3) is 0.632. The summed E-state index contributed by atoms with van der Waals surface area (Å²) in [7, 11) is 0. The smallest absolute Gasteiger partial charge is 0.258 e. The van der Waals surface area contributed by atoms with E-state index in [0.29, 0.717) is 29.6 Å². The van der Waals surface area contributed by atoms with E-state index >= 15 is 0 Å². The molecule has 0 unspecified atom stereocenters. The summed E-state index contributed by atoms with van der Waals surface area (Å²) >= 11 is 0. The van der Waals surface area contributed by atoms with Crippen molar-refractivity contribution in [1.29, 1.82) is 0 Å². The molecule has 1 amide bonds. The highest BCUT2D eigenvalue weighted by atomic mass is 19.1. The molecular weight excluding hydrogens is 309 g/mol. The first-order chi connectivity index (χ1) is 11.7. The molecule has 3 fully saturated rings. The number of ether oxygens (including phenoxy) is 2. The first-order valence-electron chi connectivity index (χ1n) is 9.02. The van der Waals surface area contributed by atoms with Crippen molar-refractivity contribution in [2.45, 2.75) is 44.2 Å². The van der Waals surface area contributed by atoms with Crippen molar-refractivity contribution in [2.24, 2.45) is 17.8 Å². The highest BCUT2D eigenvalue weighted by Gasteiger charge is 2.56. The highest BCUT2D eigenvalue weighted by molar-refractivity contribution is 5.78. The largest absolute Gasteiger partial charge is 0.484 e. The molecule has 1 saturated heterocycles. The van der Waals surface area contributed by atoms with E-state index in [9.17, 15) is 9.18 Å². The molecule has 1 aromatic carbocycles. The highest BCUT2D eigenvalue weighted by Crippen LogP contribution is 2.51. The van der Waals surface area contributed by atoms with Crippen LogP contribution in [-0.2, 0) is 9.53 Å². The molecule has 3 aliphatic rings. The minimum atomic E-state index is -0.312. The average molecular weight is 333 g/mol. The SMILES string of the molecule is O=C(COc1ccc(F)cc1)N[C@@H]1[C@@H]2CCO[C@@H]2[C@@H]1C1CCCC1. The average Bonchev–Trinajstić information content (AvgIpc) is 3.23. The number of benzene rings is 1. The Kier molecular flexibility index (Phi) is 4.44. The Hall–Kier alpha value is -1.62. The fourth-order valence-electron chi connectivity index (χ4n) is 4.77. The maximum Gasteiger partial charge on any atom is 0.258 e. The molecular formula is C19H24FNO3. The summed E-state index contributed by atoms with van der Waals surface area (Å²) in [4.78, 5) is 12.3. The molecule has 2 saturated carbocycles. The maximum absolute atomic E-state index is 12.9. The van der Waals surface area contributed by atoms with Crippen LogP contribution >= 0.6 is 0 Å². The van der Waals surface area contributed by atoms with Gasteiger partial charge in [0.1, 0.15) is 11.6 Å². The van der Waals surface area contributed by atoms with E-state index in [1.165, 1.54) is 49.9 Å². The third-order valence-electron chi connectivity index (χ3n) is 5.89. The third-order valence-corrected chi connectivity index (χ3v) is 5.89. The molecule has 1 aliphatic heterocycles. The number of carbonyl (C=O) groups excluding carboxylic acids is 1. The van der Waals surface area contributed by atoms with Crippen molar-refractivity contribution in [1.82, 2.24) is 5.32 Å². The number of hydrogen-bond acceptors (Lipinski definition) is 3. The minimum absolute atomic E-state index is 0.0300. The summed E-state index contributed by atoms with van der Waals surface area (Å²) in [5, 5.41) is 3.18. The molecule has 1 heterocycles. The number of carbonyl (C=O) groups is 1. The predicted molar refractivity (Wildman–Crippen MR) is 87.1 cm³/mol. The van der Waals surface area contributed by atoms with Gasteiger partial charge in [0.15, 0.2) is 6.61 Å². The first kappa shape index (κ1) is 15.9. The van der Waals surface area contributed by atoms with Crippen LogP contribution in [0.15, 0.2) is 24.3 Å². The van der Waals surface area contributed by atoms with Gasteiger partial charge < -0.3 is 14.8 Å². The predicted octanol–water partition coefficient (Wildman–Crippen LogP) is 2.91. The van der Waals surface area contributed by atoms with Gasteiger partial charge in [-0.25, -0.2) is 4.39 Å². The van der Waals surface area contributed by atoms with Crippen LogP contribution in [0.25, 0.3) is 0 Å². The van der Waals surface area contributed by atoms with Crippen molar-refractivity contribution < 1.29 is 18.7 Å². The van der Waals surface area contributed by atoms with Gasteiger partial charge in [0, 0.05) is 24.5 Å². The van der Waals surface area contributed by atoms with Crippen molar-refractivity contribution in [2.75, 3.05) is 13.2 Å². The standard InChI is InChI=1S/C19H24FNO3/c20-13-5-7-14(8-6-13)24-11-16(22)21-18-15-9-10-23-19(15)17(18)12-3-1-2-4-12/h5-8,12,15,17-19H,1-4,9-11H2,(H,21,22)/t15-,17+,18+,19-/m0/s1. The van der Waals surface area contributed by atoms with Crippen molar-refractivity contribution >= 4 is 5.91 Å². The van der Waals surface area contributed by atoms with E-state index < -0.39 is 0 Å². The Morgan fingerprint density at radius 1 is 1.21 bits per heavy atom. The molecule has 2 aliphatic carbocycles. The lowest BCUT2D eigenvalue weighted by atomic mass is 9.61. The number of hydrogen-bond donors (Lipinski definition) is 1. The number of rotatable bonds is 5. The van der Waals surface area contributed by atoms with Gasteiger partial charge in [-0.3, -0.25) is 4.79 Å². The summed E-state index contributed by atoms with van der Waals surface area (Å²) in [5.41, 5.74) is 0. The second kappa shape index (κ2) is 6.71. The fourth-order valence-corrected chi connectivity index (χ4v) is 4.77. The van der Waals surface area contributed by atoms with Gasteiger partial charge in [-0.2, -0.15) is 0 Å². The van der Waals surface area contributed by atoms with Gasteiger partial charge in [-0.05, 0) is 36.6 Å². The van der Waals surface area contributed by atoms with Crippen LogP contribution in [0.1, 0.15) is 32.1 Å². The van der Waals surface area contributed by atoms with Crippen molar-refractivity contribution in [3.8, 4) is 5.75 Å². The van der Waals surface area contributed by atoms with Crippen LogP contribution in [0.3, 0.4) is 0 Å². The molecule has 5 heteroatoms. The normalized spacial score (nSPS) is 32.2. The minimum Gasteiger partial charge on any atom is -0.484 e. The molecule has 1 aromatic rings. The van der Waals surface area contributed by atoms with Gasteiger partial charge in [0.25, 0.3) is 5.91 Å². The van der Waals surface area contributed by atoms with E-state index in [2.05, 4.69) is 5.32 Å². The molecule has 0 radical (unpaired) electrons. The van der Waals surface area contributed by atoms with E-state index in [1.54, 1.807) is 0 Å². The molecule has 1 N–H and O–H groups in total. The Bertz CT molecular complexity index is 580. The number of amides is 1. The van der Waals surface area contributed by atoms with Crippen molar-refractivity contribution in [3.05, 3.63) is 30.1 Å². The number of nitrogens with one attached hydrogen (secondary N) is 1. The van der Waals surface area contributed by atoms with Gasteiger partial charge in [-0.1, -0.05) is 25.7 Å². The summed E-state index contributed by atoms with van der Waals surface area (Å²) in [5.74, 6) is 1.72. The molecule has 4 atom stereocenters. The summed E-state index contributed by atoms with van der Waals surface area (Å²) < 4.78 is 24.2. The lowest BCUT2D eigenvalue weighted by Crippen LogP contribution is -2.63. The molecule has 130 valence electrons. The van der Waals surface area contributed by atoms with E-state index in [4.69, 9.17) is 9.47 Å². The Balaban J connectivity index is 1.33. The molecule has 0 bridgehead atoms. The van der Waals surface area contributed by atoms with E-state index in [1.807, 2.05) is 0 Å². The third kappa shape index (κ3) is 3.02. The Morgan fingerprint density at radius 3 is 2.71 bits per heavy atom. The molecule has 0 aromatic heterocycles. The lowest BCUT2D eigenvalue weighted by molar-refractivity contribution is -0.131.